The van der Waals surface area contributed by atoms with Crippen LogP contribution in [0.15, 0.2) is 23.0 Å². The van der Waals surface area contributed by atoms with E-state index in [0.29, 0.717) is 18.5 Å². The highest BCUT2D eigenvalue weighted by Gasteiger charge is 2.15. The van der Waals surface area contributed by atoms with E-state index in [1.54, 1.807) is 6.07 Å². The maximum absolute atomic E-state index is 12.0. The molecule has 0 unspecified atom stereocenters. The second kappa shape index (κ2) is 6.97. The molecule has 5 heteroatoms. The van der Waals surface area contributed by atoms with E-state index >= 15 is 0 Å². The molecule has 0 atom stereocenters. The second-order valence-electron chi connectivity index (χ2n) is 4.81. The summed E-state index contributed by atoms with van der Waals surface area (Å²) in [6.45, 7) is 2.09. The lowest BCUT2D eigenvalue weighted by molar-refractivity contribution is -0.131. The number of nitrogens with zero attached hydrogens (tertiary/aromatic N) is 1. The zero-order valence-corrected chi connectivity index (χ0v) is 11.1. The van der Waals surface area contributed by atoms with Crippen molar-refractivity contribution in [1.82, 2.24) is 10.2 Å². The molecule has 0 bridgehead atoms. The molecule has 2 amide bonds. The molecule has 1 fully saturated rings. The number of carbonyl (C=O) groups excluding carboxylic acids is 2. The Morgan fingerprint density at radius 1 is 1.21 bits per heavy atom. The number of nitrogens with one attached hydrogen (secondary N) is 1. The summed E-state index contributed by atoms with van der Waals surface area (Å²) in [5.74, 6) is -0.0631. The van der Waals surface area contributed by atoms with Gasteiger partial charge in [-0.3, -0.25) is 9.59 Å². The van der Waals surface area contributed by atoms with Crippen LogP contribution in [0.1, 0.15) is 42.5 Å². The average molecular weight is 264 g/mol. The fourth-order valence-electron chi connectivity index (χ4n) is 2.26. The summed E-state index contributed by atoms with van der Waals surface area (Å²) in [6, 6.07) is 1.60. The van der Waals surface area contributed by atoms with Gasteiger partial charge in [0.15, 0.2) is 0 Å². The van der Waals surface area contributed by atoms with Crippen molar-refractivity contribution in [2.75, 3.05) is 19.6 Å². The fraction of sp³-hybridized carbons (Fsp3) is 0.571. The normalized spacial score (nSPS) is 15.9. The maximum Gasteiger partial charge on any atom is 0.254 e. The van der Waals surface area contributed by atoms with Crippen LogP contribution >= 0.6 is 0 Å². The molecule has 5 nitrogen and oxygen atoms in total. The van der Waals surface area contributed by atoms with Crippen LogP contribution in [-0.4, -0.2) is 36.3 Å². The second-order valence-corrected chi connectivity index (χ2v) is 4.81. The Balaban J connectivity index is 1.70. The van der Waals surface area contributed by atoms with E-state index in [1.807, 2.05) is 4.90 Å². The van der Waals surface area contributed by atoms with Crippen LogP contribution in [0.2, 0.25) is 0 Å². The standard InChI is InChI=1S/C14H20N2O3/c17-13(16-8-3-1-2-4-9-16)5-7-15-14(18)12-6-10-19-11-12/h6,10-11H,1-5,7-9H2,(H,15,18). The molecule has 104 valence electrons. The van der Waals surface area contributed by atoms with Crippen LogP contribution in [0.4, 0.5) is 0 Å². The first-order chi connectivity index (χ1) is 9.27. The zero-order valence-electron chi connectivity index (χ0n) is 11.1. The molecule has 0 spiro atoms. The molecule has 1 aliphatic heterocycles. The highest BCUT2D eigenvalue weighted by Crippen LogP contribution is 2.10. The van der Waals surface area contributed by atoms with Gasteiger partial charge in [-0.2, -0.15) is 0 Å². The van der Waals surface area contributed by atoms with Crippen molar-refractivity contribution in [3.63, 3.8) is 0 Å². The Morgan fingerprint density at radius 3 is 2.58 bits per heavy atom. The number of carbonyl (C=O) groups is 2. The van der Waals surface area contributed by atoms with Crippen LogP contribution < -0.4 is 5.32 Å². The molecule has 1 aliphatic rings. The molecule has 1 aromatic heterocycles. The minimum absolute atomic E-state index is 0.134. The van der Waals surface area contributed by atoms with Gasteiger partial charge in [0.05, 0.1) is 11.8 Å². The number of amides is 2. The van der Waals surface area contributed by atoms with Crippen molar-refractivity contribution in [2.45, 2.75) is 32.1 Å². The van der Waals surface area contributed by atoms with Crippen molar-refractivity contribution in [3.8, 4) is 0 Å². The third-order valence-electron chi connectivity index (χ3n) is 3.37. The molecule has 2 heterocycles. The van der Waals surface area contributed by atoms with Crippen molar-refractivity contribution in [3.05, 3.63) is 24.2 Å². The van der Waals surface area contributed by atoms with E-state index in [0.717, 1.165) is 25.9 Å². The topological polar surface area (TPSA) is 62.6 Å². The smallest absolute Gasteiger partial charge is 0.254 e. The minimum atomic E-state index is -0.197. The summed E-state index contributed by atoms with van der Waals surface area (Å²) in [6.07, 6.45) is 7.81. The van der Waals surface area contributed by atoms with Gasteiger partial charge >= 0.3 is 0 Å². The molecule has 0 aliphatic carbocycles. The van der Waals surface area contributed by atoms with Crippen LogP contribution in [0.25, 0.3) is 0 Å². The van der Waals surface area contributed by atoms with E-state index in [1.165, 1.54) is 25.4 Å². The van der Waals surface area contributed by atoms with E-state index in [2.05, 4.69) is 5.32 Å². The summed E-state index contributed by atoms with van der Waals surface area (Å²) < 4.78 is 4.84. The van der Waals surface area contributed by atoms with Crippen molar-refractivity contribution in [2.24, 2.45) is 0 Å². The third kappa shape index (κ3) is 4.12. The molecule has 0 aromatic carbocycles. The van der Waals surface area contributed by atoms with E-state index in [9.17, 15) is 9.59 Å². The lowest BCUT2D eigenvalue weighted by atomic mass is 10.2. The first kappa shape index (κ1) is 13.6. The van der Waals surface area contributed by atoms with Crippen molar-refractivity contribution >= 4 is 11.8 Å². The van der Waals surface area contributed by atoms with Crippen LogP contribution in [0.3, 0.4) is 0 Å². The van der Waals surface area contributed by atoms with Gasteiger partial charge in [0.25, 0.3) is 5.91 Å². The Hall–Kier alpha value is -1.78. The van der Waals surface area contributed by atoms with Gasteiger partial charge in [0.2, 0.25) is 5.91 Å². The van der Waals surface area contributed by atoms with Crippen LogP contribution in [-0.2, 0) is 4.79 Å². The summed E-state index contributed by atoms with van der Waals surface area (Å²) in [7, 11) is 0. The highest BCUT2D eigenvalue weighted by atomic mass is 16.3. The number of furan rings is 1. The fourth-order valence-corrected chi connectivity index (χ4v) is 2.26. The quantitative estimate of drug-likeness (QED) is 0.902. The SMILES string of the molecule is O=C(NCCC(=O)N1CCCCCC1)c1ccoc1. The van der Waals surface area contributed by atoms with E-state index in [4.69, 9.17) is 4.42 Å². The molecule has 1 N–H and O–H groups in total. The lowest BCUT2D eigenvalue weighted by Crippen LogP contribution is -2.35. The predicted molar refractivity (Wildman–Crippen MR) is 70.7 cm³/mol. The Kier molecular flexibility index (Phi) is 5.01. The Labute approximate surface area is 113 Å². The maximum atomic E-state index is 12.0. The van der Waals surface area contributed by atoms with Gasteiger partial charge in [0, 0.05) is 26.1 Å². The third-order valence-corrected chi connectivity index (χ3v) is 3.37. The zero-order chi connectivity index (χ0) is 13.5. The number of rotatable bonds is 4. The summed E-state index contributed by atoms with van der Waals surface area (Å²) in [5.41, 5.74) is 0.488. The number of hydrogen-bond donors (Lipinski definition) is 1. The van der Waals surface area contributed by atoms with Gasteiger partial charge in [-0.25, -0.2) is 0 Å². The van der Waals surface area contributed by atoms with E-state index in [-0.39, 0.29) is 11.8 Å². The van der Waals surface area contributed by atoms with Gasteiger partial charge in [-0.05, 0) is 18.9 Å². The van der Waals surface area contributed by atoms with Crippen LogP contribution in [0.5, 0.6) is 0 Å². The summed E-state index contributed by atoms with van der Waals surface area (Å²) in [4.78, 5) is 25.5. The minimum Gasteiger partial charge on any atom is -0.472 e. The Morgan fingerprint density at radius 2 is 1.95 bits per heavy atom. The van der Waals surface area contributed by atoms with E-state index < -0.39 is 0 Å². The Bertz CT molecular complexity index is 406. The van der Waals surface area contributed by atoms with Gasteiger partial charge in [0.1, 0.15) is 6.26 Å². The first-order valence-electron chi connectivity index (χ1n) is 6.85. The number of likely N-dealkylation sites (tertiary alicyclic amines) is 1. The van der Waals surface area contributed by atoms with Crippen molar-refractivity contribution < 1.29 is 14.0 Å². The monoisotopic (exact) mass is 264 g/mol. The largest absolute Gasteiger partial charge is 0.472 e. The first-order valence-corrected chi connectivity index (χ1v) is 6.85. The van der Waals surface area contributed by atoms with Crippen molar-refractivity contribution in [1.29, 1.82) is 0 Å². The molecule has 0 radical (unpaired) electrons. The molecular formula is C14H20N2O3. The lowest BCUT2D eigenvalue weighted by Gasteiger charge is -2.20. The van der Waals surface area contributed by atoms with Gasteiger partial charge < -0.3 is 14.6 Å². The van der Waals surface area contributed by atoms with Gasteiger partial charge in [-0.1, -0.05) is 12.8 Å². The highest BCUT2D eigenvalue weighted by molar-refractivity contribution is 5.94. The molecular weight excluding hydrogens is 244 g/mol. The molecule has 0 saturated carbocycles. The molecule has 1 saturated heterocycles. The molecule has 2 rings (SSSR count). The summed E-state index contributed by atoms with van der Waals surface area (Å²) in [5, 5.41) is 2.72. The van der Waals surface area contributed by atoms with Gasteiger partial charge in [-0.15, -0.1) is 0 Å². The molecule has 19 heavy (non-hydrogen) atoms. The average Bonchev–Trinajstić information content (AvgIpc) is 2.81. The summed E-state index contributed by atoms with van der Waals surface area (Å²) >= 11 is 0. The number of hydrogen-bond acceptors (Lipinski definition) is 3. The van der Waals surface area contributed by atoms with Crippen LogP contribution in [0, 0.1) is 0 Å². The molecule has 1 aromatic rings. The predicted octanol–water partition coefficient (Wildman–Crippen LogP) is 1.80.